The van der Waals surface area contributed by atoms with Crippen molar-refractivity contribution in [3.63, 3.8) is 0 Å². The average Bonchev–Trinajstić information content (AvgIpc) is 2.76. The molecule has 3 rings (SSSR count). The standard InChI is InChI=1S/C22H29FN4O3S/c1-3-27(4-2)31(29,30)21-11-7-19(8-12-21)24-22(28)17-25-13-15-26(16-14-25)20-9-5-18(23)6-10-20/h5-12H,3-4,13-17H2,1-2H3,(H,24,28). The predicted octanol–water partition coefficient (Wildman–Crippen LogP) is 2.62. The first kappa shape index (κ1) is 23.2. The Morgan fingerprint density at radius 2 is 1.55 bits per heavy atom. The largest absolute Gasteiger partial charge is 0.369 e. The van der Waals surface area contributed by atoms with E-state index in [0.29, 0.717) is 18.8 Å². The van der Waals surface area contributed by atoms with Crippen molar-refractivity contribution in [3.8, 4) is 0 Å². The maximum absolute atomic E-state index is 13.1. The van der Waals surface area contributed by atoms with Crippen LogP contribution in [0.15, 0.2) is 53.4 Å². The van der Waals surface area contributed by atoms with Gasteiger partial charge < -0.3 is 10.2 Å². The molecular weight excluding hydrogens is 419 g/mol. The number of carbonyl (C=O) groups is 1. The molecule has 0 saturated carbocycles. The summed E-state index contributed by atoms with van der Waals surface area (Å²) in [6, 6.07) is 12.7. The van der Waals surface area contributed by atoms with Crippen LogP contribution in [0.4, 0.5) is 15.8 Å². The normalized spacial score (nSPS) is 15.3. The Kier molecular flexibility index (Phi) is 7.64. The van der Waals surface area contributed by atoms with E-state index in [1.54, 1.807) is 38.1 Å². The highest BCUT2D eigenvalue weighted by molar-refractivity contribution is 7.89. The molecule has 0 unspecified atom stereocenters. The lowest BCUT2D eigenvalue weighted by atomic mass is 10.2. The highest BCUT2D eigenvalue weighted by atomic mass is 32.2. The van der Waals surface area contributed by atoms with Crippen molar-refractivity contribution in [2.24, 2.45) is 0 Å². The molecule has 0 bridgehead atoms. The van der Waals surface area contributed by atoms with Gasteiger partial charge in [0.1, 0.15) is 5.82 Å². The number of nitrogens with zero attached hydrogens (tertiary/aromatic N) is 3. The molecule has 1 N–H and O–H groups in total. The fraction of sp³-hybridized carbons (Fsp3) is 0.409. The molecule has 1 aliphatic rings. The first-order chi connectivity index (χ1) is 14.8. The molecule has 2 aromatic carbocycles. The van der Waals surface area contributed by atoms with Gasteiger partial charge in [0.15, 0.2) is 0 Å². The van der Waals surface area contributed by atoms with E-state index in [0.717, 1.165) is 31.9 Å². The summed E-state index contributed by atoms with van der Waals surface area (Å²) in [5.41, 5.74) is 1.54. The number of halogens is 1. The van der Waals surface area contributed by atoms with E-state index in [9.17, 15) is 17.6 Å². The zero-order valence-electron chi connectivity index (χ0n) is 17.9. The SMILES string of the molecule is CCN(CC)S(=O)(=O)c1ccc(NC(=O)CN2CCN(c3ccc(F)cc3)CC2)cc1. The second-order valence-electron chi connectivity index (χ2n) is 7.40. The van der Waals surface area contributed by atoms with E-state index in [1.165, 1.54) is 28.6 Å². The number of benzene rings is 2. The fourth-order valence-electron chi connectivity index (χ4n) is 3.64. The van der Waals surface area contributed by atoms with Gasteiger partial charge in [-0.05, 0) is 48.5 Å². The van der Waals surface area contributed by atoms with Crippen LogP contribution in [0.3, 0.4) is 0 Å². The quantitative estimate of drug-likeness (QED) is 0.672. The Morgan fingerprint density at radius 1 is 0.968 bits per heavy atom. The van der Waals surface area contributed by atoms with E-state index in [2.05, 4.69) is 15.1 Å². The number of sulfonamides is 1. The Hall–Kier alpha value is -2.49. The molecule has 0 radical (unpaired) electrons. The second kappa shape index (κ2) is 10.2. The predicted molar refractivity (Wildman–Crippen MR) is 120 cm³/mol. The highest BCUT2D eigenvalue weighted by Gasteiger charge is 2.22. The molecule has 1 saturated heterocycles. The topological polar surface area (TPSA) is 73.0 Å². The zero-order chi connectivity index (χ0) is 22.4. The molecule has 1 fully saturated rings. The van der Waals surface area contributed by atoms with Crippen molar-refractivity contribution in [2.45, 2.75) is 18.7 Å². The first-order valence-electron chi connectivity index (χ1n) is 10.5. The molecule has 1 heterocycles. The van der Waals surface area contributed by atoms with Crippen LogP contribution in [0.25, 0.3) is 0 Å². The molecule has 1 aliphatic heterocycles. The smallest absolute Gasteiger partial charge is 0.243 e. The lowest BCUT2D eigenvalue weighted by Crippen LogP contribution is -2.48. The monoisotopic (exact) mass is 448 g/mol. The Labute approximate surface area is 183 Å². The molecule has 0 atom stereocenters. The highest BCUT2D eigenvalue weighted by Crippen LogP contribution is 2.19. The first-order valence-corrected chi connectivity index (χ1v) is 11.9. The zero-order valence-corrected chi connectivity index (χ0v) is 18.7. The summed E-state index contributed by atoms with van der Waals surface area (Å²) in [5, 5.41) is 2.83. The molecule has 168 valence electrons. The van der Waals surface area contributed by atoms with Gasteiger partial charge in [-0.25, -0.2) is 12.8 Å². The minimum absolute atomic E-state index is 0.144. The van der Waals surface area contributed by atoms with Gasteiger partial charge in [0, 0.05) is 50.6 Å². The van der Waals surface area contributed by atoms with E-state index in [4.69, 9.17) is 0 Å². The molecular formula is C22H29FN4O3S. The Bertz CT molecular complexity index is 969. The number of piperazine rings is 1. The third kappa shape index (κ3) is 5.81. The van der Waals surface area contributed by atoms with Gasteiger partial charge in [0.2, 0.25) is 15.9 Å². The van der Waals surface area contributed by atoms with Gasteiger partial charge in [0.05, 0.1) is 11.4 Å². The Morgan fingerprint density at radius 3 is 2.10 bits per heavy atom. The molecule has 1 amide bonds. The van der Waals surface area contributed by atoms with Gasteiger partial charge in [-0.1, -0.05) is 13.8 Å². The van der Waals surface area contributed by atoms with Gasteiger partial charge in [-0.15, -0.1) is 0 Å². The second-order valence-corrected chi connectivity index (χ2v) is 9.34. The molecule has 0 aliphatic carbocycles. The molecule has 0 aromatic heterocycles. The van der Waals surface area contributed by atoms with Crippen molar-refractivity contribution in [1.29, 1.82) is 0 Å². The van der Waals surface area contributed by atoms with Gasteiger partial charge in [-0.2, -0.15) is 4.31 Å². The van der Waals surface area contributed by atoms with Crippen molar-refractivity contribution < 1.29 is 17.6 Å². The number of hydrogen-bond donors (Lipinski definition) is 1. The summed E-state index contributed by atoms with van der Waals surface area (Å²) in [6.07, 6.45) is 0. The van der Waals surface area contributed by atoms with Gasteiger partial charge in [0.25, 0.3) is 0 Å². The van der Waals surface area contributed by atoms with Crippen molar-refractivity contribution in [3.05, 3.63) is 54.3 Å². The Balaban J connectivity index is 1.50. The van der Waals surface area contributed by atoms with Crippen molar-refractivity contribution in [1.82, 2.24) is 9.21 Å². The third-order valence-corrected chi connectivity index (χ3v) is 7.48. The lowest BCUT2D eigenvalue weighted by Gasteiger charge is -2.35. The van der Waals surface area contributed by atoms with Crippen LogP contribution in [0.5, 0.6) is 0 Å². The third-order valence-electron chi connectivity index (χ3n) is 5.41. The van der Waals surface area contributed by atoms with Crippen molar-refractivity contribution in [2.75, 3.05) is 56.0 Å². The fourth-order valence-corrected chi connectivity index (χ4v) is 5.10. The number of anilines is 2. The van der Waals surface area contributed by atoms with Crippen LogP contribution in [-0.2, 0) is 14.8 Å². The molecule has 2 aromatic rings. The van der Waals surface area contributed by atoms with Gasteiger partial charge in [-0.3, -0.25) is 9.69 Å². The van der Waals surface area contributed by atoms with Crippen LogP contribution in [-0.4, -0.2) is 69.3 Å². The van der Waals surface area contributed by atoms with Crippen LogP contribution in [0.1, 0.15) is 13.8 Å². The summed E-state index contributed by atoms with van der Waals surface area (Å²) in [4.78, 5) is 16.9. The lowest BCUT2D eigenvalue weighted by molar-refractivity contribution is -0.117. The average molecular weight is 449 g/mol. The van der Waals surface area contributed by atoms with E-state index >= 15 is 0 Å². The van der Waals surface area contributed by atoms with Crippen LogP contribution in [0, 0.1) is 5.82 Å². The number of carbonyl (C=O) groups excluding carboxylic acids is 1. The maximum Gasteiger partial charge on any atom is 0.243 e. The van der Waals surface area contributed by atoms with Crippen LogP contribution in [0.2, 0.25) is 0 Å². The summed E-state index contributed by atoms with van der Waals surface area (Å²) >= 11 is 0. The minimum Gasteiger partial charge on any atom is -0.369 e. The summed E-state index contributed by atoms with van der Waals surface area (Å²) in [7, 11) is -3.51. The van der Waals surface area contributed by atoms with E-state index < -0.39 is 10.0 Å². The van der Waals surface area contributed by atoms with Crippen LogP contribution >= 0.6 is 0 Å². The summed E-state index contributed by atoms with van der Waals surface area (Å²) in [6.45, 7) is 7.66. The van der Waals surface area contributed by atoms with E-state index in [1.807, 2.05) is 0 Å². The van der Waals surface area contributed by atoms with Crippen molar-refractivity contribution >= 4 is 27.3 Å². The number of rotatable bonds is 8. The number of nitrogens with one attached hydrogen (secondary N) is 1. The molecule has 9 heteroatoms. The minimum atomic E-state index is -3.51. The molecule has 31 heavy (non-hydrogen) atoms. The van der Waals surface area contributed by atoms with E-state index in [-0.39, 0.29) is 23.2 Å². The number of amides is 1. The molecule has 7 nitrogen and oxygen atoms in total. The molecule has 0 spiro atoms. The maximum atomic E-state index is 13.1. The summed E-state index contributed by atoms with van der Waals surface area (Å²) < 4.78 is 39.6. The summed E-state index contributed by atoms with van der Waals surface area (Å²) in [5.74, 6) is -0.396. The number of hydrogen-bond acceptors (Lipinski definition) is 5. The van der Waals surface area contributed by atoms with Crippen LogP contribution < -0.4 is 10.2 Å². The van der Waals surface area contributed by atoms with Gasteiger partial charge >= 0.3 is 0 Å².